The maximum atomic E-state index is 12.6. The van der Waals surface area contributed by atoms with Gasteiger partial charge in [0.1, 0.15) is 22.7 Å². The lowest BCUT2D eigenvalue weighted by atomic mass is 10.1. The summed E-state index contributed by atoms with van der Waals surface area (Å²) in [4.78, 5) is 12.6. The van der Waals surface area contributed by atoms with E-state index in [9.17, 15) is 4.79 Å². The van der Waals surface area contributed by atoms with Crippen molar-refractivity contribution in [2.45, 2.75) is 13.0 Å². The quantitative estimate of drug-likeness (QED) is 0.474. The van der Waals surface area contributed by atoms with E-state index in [4.69, 9.17) is 25.5 Å². The maximum Gasteiger partial charge on any atom is 0.265 e. The van der Waals surface area contributed by atoms with E-state index in [1.54, 1.807) is 44.4 Å². The predicted molar refractivity (Wildman–Crippen MR) is 110 cm³/mol. The van der Waals surface area contributed by atoms with Gasteiger partial charge in [0, 0.05) is 21.9 Å². The summed E-state index contributed by atoms with van der Waals surface area (Å²) in [6, 6.07) is 18.3. The molecule has 1 aromatic heterocycles. The van der Waals surface area contributed by atoms with E-state index in [2.05, 4.69) is 5.32 Å². The fourth-order valence-electron chi connectivity index (χ4n) is 3.05. The SMILES string of the molecule is COc1cc2c(cc1NC(=O)C(C)Oc1cccc(Cl)c1)oc1ccccc12. The zero-order valence-electron chi connectivity index (χ0n) is 15.4. The van der Waals surface area contributed by atoms with Crippen LogP contribution in [0.4, 0.5) is 5.69 Å². The van der Waals surface area contributed by atoms with Gasteiger partial charge < -0.3 is 19.2 Å². The Morgan fingerprint density at radius 1 is 1.04 bits per heavy atom. The minimum Gasteiger partial charge on any atom is -0.495 e. The maximum absolute atomic E-state index is 12.6. The molecule has 1 atom stereocenters. The molecular weight excluding hydrogens is 378 g/mol. The molecule has 142 valence electrons. The third kappa shape index (κ3) is 3.49. The first-order valence-electron chi connectivity index (χ1n) is 8.77. The van der Waals surface area contributed by atoms with E-state index in [0.29, 0.717) is 27.8 Å². The van der Waals surface area contributed by atoms with Crippen molar-refractivity contribution in [1.82, 2.24) is 0 Å². The molecule has 0 bridgehead atoms. The topological polar surface area (TPSA) is 60.7 Å². The number of benzene rings is 3. The lowest BCUT2D eigenvalue weighted by molar-refractivity contribution is -0.122. The smallest absolute Gasteiger partial charge is 0.265 e. The second-order valence-electron chi connectivity index (χ2n) is 6.35. The Labute approximate surface area is 166 Å². The number of nitrogens with one attached hydrogen (secondary N) is 1. The molecule has 1 N–H and O–H groups in total. The molecule has 0 saturated heterocycles. The zero-order chi connectivity index (χ0) is 19.7. The molecule has 4 aromatic rings. The highest BCUT2D eigenvalue weighted by Crippen LogP contribution is 2.36. The number of carbonyl (C=O) groups excluding carboxylic acids is 1. The first-order chi connectivity index (χ1) is 13.5. The van der Waals surface area contributed by atoms with Crippen molar-refractivity contribution in [2.24, 2.45) is 0 Å². The first-order valence-corrected chi connectivity index (χ1v) is 9.15. The van der Waals surface area contributed by atoms with Crippen LogP contribution in [-0.2, 0) is 4.79 Å². The summed E-state index contributed by atoms with van der Waals surface area (Å²) in [7, 11) is 1.56. The molecule has 0 spiro atoms. The molecule has 5 nitrogen and oxygen atoms in total. The van der Waals surface area contributed by atoms with Crippen molar-refractivity contribution < 1.29 is 18.7 Å². The van der Waals surface area contributed by atoms with E-state index in [0.717, 1.165) is 16.4 Å². The Kier molecular flexibility index (Phi) is 4.84. The van der Waals surface area contributed by atoms with Crippen LogP contribution < -0.4 is 14.8 Å². The number of para-hydroxylation sites is 1. The predicted octanol–water partition coefficient (Wildman–Crippen LogP) is 5.65. The number of fused-ring (bicyclic) bond motifs is 3. The van der Waals surface area contributed by atoms with Crippen LogP contribution in [0.15, 0.2) is 65.1 Å². The molecule has 28 heavy (non-hydrogen) atoms. The van der Waals surface area contributed by atoms with Crippen molar-refractivity contribution in [3.05, 3.63) is 65.7 Å². The Bertz CT molecular complexity index is 1170. The minimum atomic E-state index is -0.727. The molecule has 0 fully saturated rings. The molecule has 0 radical (unpaired) electrons. The van der Waals surface area contributed by atoms with Gasteiger partial charge in [0.25, 0.3) is 5.91 Å². The summed E-state index contributed by atoms with van der Waals surface area (Å²) < 4.78 is 17.0. The lowest BCUT2D eigenvalue weighted by Crippen LogP contribution is -2.30. The van der Waals surface area contributed by atoms with E-state index in [1.165, 1.54) is 0 Å². The molecule has 1 heterocycles. The average molecular weight is 396 g/mol. The van der Waals surface area contributed by atoms with Crippen molar-refractivity contribution >= 4 is 45.1 Å². The van der Waals surface area contributed by atoms with Crippen LogP contribution >= 0.6 is 11.6 Å². The number of anilines is 1. The van der Waals surface area contributed by atoms with E-state index in [-0.39, 0.29) is 5.91 Å². The highest BCUT2D eigenvalue weighted by molar-refractivity contribution is 6.30. The molecule has 1 unspecified atom stereocenters. The summed E-state index contributed by atoms with van der Waals surface area (Å²) in [5.74, 6) is 0.756. The van der Waals surface area contributed by atoms with Crippen molar-refractivity contribution in [3.8, 4) is 11.5 Å². The number of amides is 1. The van der Waals surface area contributed by atoms with Gasteiger partial charge in [-0.2, -0.15) is 0 Å². The first kappa shape index (κ1) is 18.2. The van der Waals surface area contributed by atoms with Crippen LogP contribution in [-0.4, -0.2) is 19.1 Å². The average Bonchev–Trinajstić information content (AvgIpc) is 3.04. The van der Waals surface area contributed by atoms with Gasteiger partial charge >= 0.3 is 0 Å². The number of hydrogen-bond donors (Lipinski definition) is 1. The summed E-state index contributed by atoms with van der Waals surface area (Å²) in [5.41, 5.74) is 1.96. The summed E-state index contributed by atoms with van der Waals surface area (Å²) in [5, 5.41) is 5.31. The molecule has 6 heteroatoms. The van der Waals surface area contributed by atoms with E-state index >= 15 is 0 Å². The standard InChI is InChI=1S/C22H18ClNO4/c1-13(27-15-7-5-6-14(23)10-15)22(25)24-18-12-20-17(11-21(18)26-2)16-8-3-4-9-19(16)28-20/h3-13H,1-2H3,(H,24,25). The van der Waals surface area contributed by atoms with Gasteiger partial charge in [-0.05, 0) is 37.3 Å². The molecular formula is C22H18ClNO4. The van der Waals surface area contributed by atoms with Crippen LogP contribution in [0, 0.1) is 0 Å². The fraction of sp³-hybridized carbons (Fsp3) is 0.136. The van der Waals surface area contributed by atoms with Crippen LogP contribution in [0.1, 0.15) is 6.92 Å². The Balaban J connectivity index is 1.61. The van der Waals surface area contributed by atoms with E-state index < -0.39 is 6.10 Å². The molecule has 3 aromatic carbocycles. The summed E-state index contributed by atoms with van der Waals surface area (Å²) >= 11 is 5.96. The molecule has 1 amide bonds. The third-order valence-electron chi connectivity index (χ3n) is 4.43. The number of rotatable bonds is 5. The van der Waals surface area contributed by atoms with Gasteiger partial charge in [-0.25, -0.2) is 0 Å². The Morgan fingerprint density at radius 2 is 1.86 bits per heavy atom. The lowest BCUT2D eigenvalue weighted by Gasteiger charge is -2.16. The fourth-order valence-corrected chi connectivity index (χ4v) is 3.23. The molecule has 0 aliphatic carbocycles. The summed E-state index contributed by atoms with van der Waals surface area (Å²) in [6.07, 6.45) is -0.727. The third-order valence-corrected chi connectivity index (χ3v) is 4.67. The normalized spacial score (nSPS) is 12.1. The highest BCUT2D eigenvalue weighted by atomic mass is 35.5. The van der Waals surface area contributed by atoms with Crippen LogP contribution in [0.3, 0.4) is 0 Å². The minimum absolute atomic E-state index is 0.311. The van der Waals surface area contributed by atoms with E-state index in [1.807, 2.05) is 30.3 Å². The molecule has 0 aliphatic heterocycles. The van der Waals surface area contributed by atoms with Crippen LogP contribution in [0.25, 0.3) is 21.9 Å². The number of carbonyl (C=O) groups is 1. The van der Waals surface area contributed by atoms with Gasteiger partial charge in [0.15, 0.2) is 6.10 Å². The number of hydrogen-bond acceptors (Lipinski definition) is 4. The second-order valence-corrected chi connectivity index (χ2v) is 6.79. The molecule has 0 saturated carbocycles. The zero-order valence-corrected chi connectivity index (χ0v) is 16.1. The number of methoxy groups -OCH3 is 1. The van der Waals surface area contributed by atoms with Crippen LogP contribution in [0.2, 0.25) is 5.02 Å². The Hall–Kier alpha value is -3.18. The second kappa shape index (κ2) is 7.44. The number of ether oxygens (including phenoxy) is 2. The van der Waals surface area contributed by atoms with Gasteiger partial charge in [0.2, 0.25) is 0 Å². The molecule has 4 rings (SSSR count). The Morgan fingerprint density at radius 3 is 2.64 bits per heavy atom. The van der Waals surface area contributed by atoms with Crippen LogP contribution in [0.5, 0.6) is 11.5 Å². The van der Waals surface area contributed by atoms with Gasteiger partial charge in [-0.1, -0.05) is 35.9 Å². The molecule has 0 aliphatic rings. The van der Waals surface area contributed by atoms with Crippen molar-refractivity contribution in [3.63, 3.8) is 0 Å². The van der Waals surface area contributed by atoms with Gasteiger partial charge in [-0.3, -0.25) is 4.79 Å². The number of furan rings is 1. The monoisotopic (exact) mass is 395 g/mol. The highest BCUT2D eigenvalue weighted by Gasteiger charge is 2.19. The number of halogens is 1. The van der Waals surface area contributed by atoms with Gasteiger partial charge in [-0.15, -0.1) is 0 Å². The van der Waals surface area contributed by atoms with Crippen molar-refractivity contribution in [1.29, 1.82) is 0 Å². The summed E-state index contributed by atoms with van der Waals surface area (Å²) in [6.45, 7) is 1.67. The van der Waals surface area contributed by atoms with Crippen molar-refractivity contribution in [2.75, 3.05) is 12.4 Å². The van der Waals surface area contributed by atoms with Gasteiger partial charge in [0.05, 0.1) is 12.8 Å². The largest absolute Gasteiger partial charge is 0.495 e.